The van der Waals surface area contributed by atoms with Gasteiger partial charge < -0.3 is 10.1 Å². The first-order chi connectivity index (χ1) is 8.55. The fourth-order valence-electron chi connectivity index (χ4n) is 4.91. The van der Waals surface area contributed by atoms with Gasteiger partial charge in [0, 0.05) is 18.4 Å². The van der Waals surface area contributed by atoms with E-state index in [1.165, 1.54) is 38.5 Å². The summed E-state index contributed by atoms with van der Waals surface area (Å²) in [5.74, 6) is 2.75. The van der Waals surface area contributed by atoms with E-state index in [4.69, 9.17) is 0 Å². The van der Waals surface area contributed by atoms with Crippen LogP contribution in [0.1, 0.15) is 58.3 Å². The van der Waals surface area contributed by atoms with Gasteiger partial charge in [-0.3, -0.25) is 4.79 Å². The van der Waals surface area contributed by atoms with Gasteiger partial charge in [0.1, 0.15) is 5.78 Å². The van der Waals surface area contributed by atoms with Gasteiger partial charge in [-0.25, -0.2) is 0 Å². The lowest BCUT2D eigenvalue weighted by atomic mass is 9.53. The molecule has 0 saturated heterocycles. The molecule has 4 fully saturated rings. The Balaban J connectivity index is 1.61. The fourth-order valence-corrected chi connectivity index (χ4v) is 4.91. The second kappa shape index (κ2) is 4.36. The highest BCUT2D eigenvalue weighted by molar-refractivity contribution is 5.83. The van der Waals surface area contributed by atoms with Gasteiger partial charge in [0.25, 0.3) is 0 Å². The third kappa shape index (κ3) is 2.32. The molecule has 0 heterocycles. The first-order valence-corrected chi connectivity index (χ1v) is 7.35. The van der Waals surface area contributed by atoms with Crippen molar-refractivity contribution in [3.63, 3.8) is 0 Å². The minimum atomic E-state index is 0.0900. The van der Waals surface area contributed by atoms with E-state index >= 15 is 0 Å². The summed E-state index contributed by atoms with van der Waals surface area (Å²) < 4.78 is 0. The first-order valence-electron chi connectivity index (χ1n) is 7.35. The van der Waals surface area contributed by atoms with Crippen LogP contribution in [0.25, 0.3) is 0 Å². The van der Waals surface area contributed by atoms with Gasteiger partial charge in [0.2, 0.25) is 5.91 Å². The summed E-state index contributed by atoms with van der Waals surface area (Å²) in [5.41, 5.74) is 0.0998. The Morgan fingerprint density at radius 1 is 1.00 bits per heavy atom. The third-order valence-electron chi connectivity index (χ3n) is 5.15. The van der Waals surface area contributed by atoms with Gasteiger partial charge in [-0.05, 0) is 63.2 Å². The Labute approximate surface area is 109 Å². The Hall–Kier alpha value is -0.860. The summed E-state index contributed by atoms with van der Waals surface area (Å²) in [6, 6.07) is 0. The molecule has 4 saturated carbocycles. The van der Waals surface area contributed by atoms with Gasteiger partial charge in [0.05, 0.1) is 0 Å². The summed E-state index contributed by atoms with van der Waals surface area (Å²) in [4.78, 5) is 22.9. The van der Waals surface area contributed by atoms with Crippen LogP contribution in [0.15, 0.2) is 0 Å². The molecular formula is C15H23NO2. The molecule has 0 unspecified atom stereocenters. The average Bonchev–Trinajstić information content (AvgIpc) is 2.23. The number of Topliss-reactive ketones (excluding diaryl/α,β-unsaturated/α-hetero) is 1. The minimum absolute atomic E-state index is 0.0900. The van der Waals surface area contributed by atoms with Gasteiger partial charge >= 0.3 is 0 Å². The average molecular weight is 249 g/mol. The maximum atomic E-state index is 12.0. The highest BCUT2D eigenvalue weighted by Gasteiger charge is 2.51. The van der Waals surface area contributed by atoms with Crippen LogP contribution in [0.4, 0.5) is 0 Å². The monoisotopic (exact) mass is 249 g/mol. The molecule has 0 aromatic carbocycles. The maximum absolute atomic E-state index is 12.0. The highest BCUT2D eigenvalue weighted by atomic mass is 16.2. The Morgan fingerprint density at radius 2 is 1.50 bits per heavy atom. The predicted octanol–water partition coefficient (Wildman–Crippen LogP) is 2.44. The maximum Gasteiger partial charge on any atom is 0.220 e. The summed E-state index contributed by atoms with van der Waals surface area (Å²) >= 11 is 0. The highest BCUT2D eigenvalue weighted by Crippen LogP contribution is 2.55. The van der Waals surface area contributed by atoms with Crippen molar-refractivity contribution < 1.29 is 9.59 Å². The van der Waals surface area contributed by atoms with E-state index < -0.39 is 0 Å². The van der Waals surface area contributed by atoms with Crippen LogP contribution < -0.4 is 5.32 Å². The molecule has 100 valence electrons. The lowest BCUT2D eigenvalue weighted by molar-refractivity contribution is -0.129. The number of carbonyl (C=O) groups excluding carboxylic acids is 2. The Kier molecular flexibility index (Phi) is 2.95. The second-order valence-corrected chi connectivity index (χ2v) is 6.95. The van der Waals surface area contributed by atoms with Crippen molar-refractivity contribution in [2.24, 2.45) is 17.8 Å². The number of hydrogen-bond donors (Lipinski definition) is 1. The van der Waals surface area contributed by atoms with Crippen LogP contribution in [0.2, 0.25) is 0 Å². The topological polar surface area (TPSA) is 46.2 Å². The van der Waals surface area contributed by atoms with Crippen molar-refractivity contribution in [1.29, 1.82) is 0 Å². The van der Waals surface area contributed by atoms with E-state index in [9.17, 15) is 9.59 Å². The van der Waals surface area contributed by atoms with E-state index in [0.29, 0.717) is 12.8 Å². The molecule has 3 heteroatoms. The lowest BCUT2D eigenvalue weighted by Crippen LogP contribution is -2.59. The van der Waals surface area contributed by atoms with Crippen LogP contribution in [0, 0.1) is 17.8 Å². The second-order valence-electron chi connectivity index (χ2n) is 6.95. The molecule has 1 N–H and O–H groups in total. The largest absolute Gasteiger partial charge is 0.351 e. The lowest BCUT2D eigenvalue weighted by Gasteiger charge is -2.56. The molecule has 4 rings (SSSR count). The molecule has 3 nitrogen and oxygen atoms in total. The van der Waals surface area contributed by atoms with Crippen molar-refractivity contribution in [2.75, 3.05) is 0 Å². The number of nitrogens with one attached hydrogen (secondary N) is 1. The quantitative estimate of drug-likeness (QED) is 0.831. The van der Waals surface area contributed by atoms with E-state index in [-0.39, 0.29) is 17.2 Å². The molecule has 0 aromatic heterocycles. The van der Waals surface area contributed by atoms with Crippen LogP contribution in [0.5, 0.6) is 0 Å². The van der Waals surface area contributed by atoms with Crippen LogP contribution in [0.3, 0.4) is 0 Å². The van der Waals surface area contributed by atoms with Crippen molar-refractivity contribution in [3.05, 3.63) is 0 Å². The predicted molar refractivity (Wildman–Crippen MR) is 69.0 cm³/mol. The molecule has 4 bridgehead atoms. The zero-order valence-corrected chi connectivity index (χ0v) is 11.2. The molecule has 1 amide bonds. The zero-order valence-electron chi connectivity index (χ0n) is 11.2. The standard InChI is InChI=1S/C15H23NO2/c1-10(17)2-3-14(18)16-15-7-11-4-12(8-15)6-13(5-11)9-15/h11-13H,2-9H2,1H3,(H,16,18). The molecule has 0 atom stereocenters. The summed E-state index contributed by atoms with van der Waals surface area (Å²) in [7, 11) is 0. The molecule has 0 aliphatic heterocycles. The van der Waals surface area contributed by atoms with E-state index in [1.54, 1.807) is 6.92 Å². The number of rotatable bonds is 4. The van der Waals surface area contributed by atoms with Crippen LogP contribution in [-0.4, -0.2) is 17.2 Å². The number of hydrogen-bond acceptors (Lipinski definition) is 2. The molecule has 0 radical (unpaired) electrons. The Morgan fingerprint density at radius 3 is 1.94 bits per heavy atom. The van der Waals surface area contributed by atoms with E-state index in [1.807, 2.05) is 0 Å². The molecule has 4 aliphatic carbocycles. The normalized spacial score (nSPS) is 40.8. The van der Waals surface area contributed by atoms with Gasteiger partial charge in [-0.1, -0.05) is 0 Å². The number of carbonyl (C=O) groups is 2. The van der Waals surface area contributed by atoms with Crippen LogP contribution in [-0.2, 0) is 9.59 Å². The van der Waals surface area contributed by atoms with Gasteiger partial charge in [0.15, 0.2) is 0 Å². The summed E-state index contributed by atoms with van der Waals surface area (Å²) in [6.07, 6.45) is 8.49. The molecule has 0 aromatic rings. The van der Waals surface area contributed by atoms with Gasteiger partial charge in [-0.2, -0.15) is 0 Å². The van der Waals surface area contributed by atoms with Crippen molar-refractivity contribution in [1.82, 2.24) is 5.32 Å². The van der Waals surface area contributed by atoms with Crippen molar-refractivity contribution >= 4 is 11.7 Å². The SMILES string of the molecule is CC(=O)CCC(=O)NC12CC3CC(CC(C3)C1)C2. The molecular weight excluding hydrogens is 226 g/mol. The first kappa shape index (κ1) is 12.2. The number of ketones is 1. The molecule has 18 heavy (non-hydrogen) atoms. The van der Waals surface area contributed by atoms with Crippen LogP contribution >= 0.6 is 0 Å². The summed E-state index contributed by atoms with van der Waals surface area (Å²) in [6.45, 7) is 1.55. The third-order valence-corrected chi connectivity index (χ3v) is 5.15. The van der Waals surface area contributed by atoms with E-state index in [2.05, 4.69) is 5.32 Å². The zero-order chi connectivity index (χ0) is 12.8. The van der Waals surface area contributed by atoms with Gasteiger partial charge in [-0.15, -0.1) is 0 Å². The number of amides is 1. The van der Waals surface area contributed by atoms with Crippen molar-refractivity contribution in [2.45, 2.75) is 63.8 Å². The molecule has 4 aliphatic rings. The van der Waals surface area contributed by atoms with Crippen molar-refractivity contribution in [3.8, 4) is 0 Å². The fraction of sp³-hybridized carbons (Fsp3) is 0.867. The molecule has 0 spiro atoms. The summed E-state index contributed by atoms with van der Waals surface area (Å²) in [5, 5.41) is 3.29. The smallest absolute Gasteiger partial charge is 0.220 e. The Bertz CT molecular complexity index is 339. The minimum Gasteiger partial charge on any atom is -0.351 e. The van der Waals surface area contributed by atoms with E-state index in [0.717, 1.165) is 17.8 Å².